The number of halogens is 1. The molecule has 0 aromatic heterocycles. The number of benzene rings is 1. The Morgan fingerprint density at radius 1 is 1.11 bits per heavy atom. The van der Waals surface area contributed by atoms with Gasteiger partial charge in [-0.3, -0.25) is 9.69 Å². The Kier molecular flexibility index (Phi) is 9.60. The number of nitrogens with zero attached hydrogens (tertiary/aromatic N) is 1. The van der Waals surface area contributed by atoms with Gasteiger partial charge in [0.25, 0.3) is 0 Å². The Balaban J connectivity index is 0.00000261. The molecule has 0 spiro atoms. The predicted molar refractivity (Wildman–Crippen MR) is 114 cm³/mol. The summed E-state index contributed by atoms with van der Waals surface area (Å²) in [5.74, 6) is 1.60. The lowest BCUT2D eigenvalue weighted by Gasteiger charge is -2.32. The second kappa shape index (κ2) is 11.7. The number of likely N-dealkylation sites (tertiary alicyclic amines) is 1. The Hall–Kier alpha value is -1.10. The Morgan fingerprint density at radius 3 is 2.41 bits per heavy atom. The van der Waals surface area contributed by atoms with Crippen LogP contribution in [-0.2, 0) is 4.79 Å². The van der Waals surface area contributed by atoms with Gasteiger partial charge in [-0.25, -0.2) is 0 Å². The first kappa shape index (κ1) is 22.2. The van der Waals surface area contributed by atoms with Gasteiger partial charge in [-0.15, -0.1) is 12.4 Å². The summed E-state index contributed by atoms with van der Waals surface area (Å²) in [6.07, 6.45) is 8.76. The number of piperidine rings is 1. The number of carbonyl (C=O) groups excluding carboxylic acids is 1. The van der Waals surface area contributed by atoms with Gasteiger partial charge in [0.1, 0.15) is 0 Å². The van der Waals surface area contributed by atoms with Gasteiger partial charge in [-0.05, 0) is 76.2 Å². The molecule has 5 heteroatoms. The van der Waals surface area contributed by atoms with Gasteiger partial charge in [0, 0.05) is 0 Å². The summed E-state index contributed by atoms with van der Waals surface area (Å²) < 4.78 is 0. The lowest BCUT2D eigenvalue weighted by molar-refractivity contribution is -0.123. The van der Waals surface area contributed by atoms with E-state index in [9.17, 15) is 4.79 Å². The maximum atomic E-state index is 12.7. The highest BCUT2D eigenvalue weighted by Crippen LogP contribution is 2.35. The summed E-state index contributed by atoms with van der Waals surface area (Å²) in [5, 5.41) is 6.62. The molecule has 2 aliphatic rings. The average molecular weight is 394 g/mol. The molecule has 1 amide bonds. The lowest BCUT2D eigenvalue weighted by atomic mass is 9.91. The van der Waals surface area contributed by atoms with Crippen LogP contribution in [0.15, 0.2) is 30.3 Å². The van der Waals surface area contributed by atoms with E-state index in [1.165, 1.54) is 50.5 Å². The molecular formula is C22H36ClN3O. The third-order valence-electron chi connectivity index (χ3n) is 6.22. The van der Waals surface area contributed by atoms with E-state index >= 15 is 0 Å². The van der Waals surface area contributed by atoms with Crippen LogP contribution in [0, 0.1) is 11.8 Å². The summed E-state index contributed by atoms with van der Waals surface area (Å²) in [6.45, 7) is 3.77. The molecule has 1 aromatic carbocycles. The molecule has 27 heavy (non-hydrogen) atoms. The Bertz CT molecular complexity index is 540. The highest BCUT2D eigenvalue weighted by atomic mass is 35.5. The zero-order chi connectivity index (χ0) is 18.2. The minimum atomic E-state index is 0. The molecule has 0 bridgehead atoms. The Labute approximate surface area is 170 Å². The second-order valence-corrected chi connectivity index (χ2v) is 8.11. The average Bonchev–Trinajstić information content (AvgIpc) is 3.21. The molecule has 0 radical (unpaired) electrons. The van der Waals surface area contributed by atoms with Crippen LogP contribution in [0.5, 0.6) is 0 Å². The van der Waals surface area contributed by atoms with E-state index < -0.39 is 0 Å². The minimum absolute atomic E-state index is 0. The molecular weight excluding hydrogens is 358 g/mol. The maximum Gasteiger partial charge on any atom is 0.234 e. The fraction of sp³-hybridized carbons (Fsp3) is 0.682. The first-order valence-corrected chi connectivity index (χ1v) is 10.5. The number of carbonyl (C=O) groups is 1. The summed E-state index contributed by atoms with van der Waals surface area (Å²) >= 11 is 0. The minimum Gasteiger partial charge on any atom is -0.348 e. The van der Waals surface area contributed by atoms with Crippen LogP contribution in [0.2, 0.25) is 0 Å². The van der Waals surface area contributed by atoms with Gasteiger partial charge in [-0.2, -0.15) is 0 Å². The van der Waals surface area contributed by atoms with Crippen LogP contribution in [0.25, 0.3) is 0 Å². The van der Waals surface area contributed by atoms with Crippen LogP contribution >= 0.6 is 12.4 Å². The number of nitrogens with one attached hydrogen (secondary N) is 2. The fourth-order valence-corrected chi connectivity index (χ4v) is 4.63. The number of hydrogen-bond acceptors (Lipinski definition) is 3. The molecule has 1 aliphatic heterocycles. The standard InChI is InChI=1S/C22H35N3O.ClH/c1-23-14-11-18-12-15-25(16-13-18)17-21(26)24-22(20-9-5-6-10-20)19-7-3-2-4-8-19;/h2-4,7-8,18,20,22-23H,5-6,9-17H2,1H3,(H,24,26);1H. The molecule has 1 heterocycles. The molecule has 1 atom stereocenters. The third-order valence-corrected chi connectivity index (χ3v) is 6.22. The van der Waals surface area contributed by atoms with Crippen LogP contribution in [0.3, 0.4) is 0 Å². The summed E-state index contributed by atoms with van der Waals surface area (Å²) in [5.41, 5.74) is 1.26. The summed E-state index contributed by atoms with van der Waals surface area (Å²) in [6, 6.07) is 10.7. The third kappa shape index (κ3) is 6.78. The van der Waals surface area contributed by atoms with Gasteiger partial charge in [0.2, 0.25) is 5.91 Å². The Morgan fingerprint density at radius 2 is 1.78 bits per heavy atom. The quantitative estimate of drug-likeness (QED) is 0.706. The van der Waals surface area contributed by atoms with Crippen molar-refractivity contribution in [3.05, 3.63) is 35.9 Å². The van der Waals surface area contributed by atoms with E-state index in [1.807, 2.05) is 7.05 Å². The maximum absolute atomic E-state index is 12.7. The molecule has 3 rings (SSSR count). The predicted octanol–water partition coefficient (Wildman–Crippen LogP) is 3.78. The number of amides is 1. The van der Waals surface area contributed by atoms with Crippen molar-refractivity contribution in [1.29, 1.82) is 0 Å². The van der Waals surface area contributed by atoms with Gasteiger partial charge < -0.3 is 10.6 Å². The molecule has 152 valence electrons. The topological polar surface area (TPSA) is 44.4 Å². The van der Waals surface area contributed by atoms with E-state index in [4.69, 9.17) is 0 Å². The second-order valence-electron chi connectivity index (χ2n) is 8.11. The normalized spacial score (nSPS) is 20.2. The van der Waals surface area contributed by atoms with Crippen LogP contribution in [-0.4, -0.2) is 44.0 Å². The first-order valence-electron chi connectivity index (χ1n) is 10.5. The number of rotatable bonds is 8. The van der Waals surface area contributed by atoms with Gasteiger partial charge in [0.15, 0.2) is 0 Å². The van der Waals surface area contributed by atoms with Crippen molar-refractivity contribution < 1.29 is 4.79 Å². The van der Waals surface area contributed by atoms with E-state index in [0.29, 0.717) is 12.5 Å². The molecule has 4 nitrogen and oxygen atoms in total. The van der Waals surface area contributed by atoms with Crippen molar-refractivity contribution in [2.24, 2.45) is 11.8 Å². The van der Waals surface area contributed by atoms with E-state index in [-0.39, 0.29) is 24.4 Å². The molecule has 1 aromatic rings. The van der Waals surface area contributed by atoms with Crippen molar-refractivity contribution in [2.45, 2.75) is 51.0 Å². The fourth-order valence-electron chi connectivity index (χ4n) is 4.63. The molecule has 1 saturated carbocycles. The van der Waals surface area contributed by atoms with Gasteiger partial charge in [-0.1, -0.05) is 43.2 Å². The van der Waals surface area contributed by atoms with Crippen molar-refractivity contribution >= 4 is 18.3 Å². The van der Waals surface area contributed by atoms with Crippen molar-refractivity contribution in [2.75, 3.05) is 33.2 Å². The highest BCUT2D eigenvalue weighted by Gasteiger charge is 2.28. The molecule has 2 N–H and O–H groups in total. The molecule has 2 fully saturated rings. The van der Waals surface area contributed by atoms with Gasteiger partial charge in [0.05, 0.1) is 12.6 Å². The number of hydrogen-bond donors (Lipinski definition) is 2. The largest absolute Gasteiger partial charge is 0.348 e. The molecule has 1 unspecified atom stereocenters. The van der Waals surface area contributed by atoms with Crippen molar-refractivity contribution in [3.8, 4) is 0 Å². The smallest absolute Gasteiger partial charge is 0.234 e. The van der Waals surface area contributed by atoms with E-state index in [2.05, 4.69) is 45.9 Å². The molecule has 1 aliphatic carbocycles. The van der Waals surface area contributed by atoms with Crippen LogP contribution in [0.1, 0.15) is 56.6 Å². The van der Waals surface area contributed by atoms with Gasteiger partial charge >= 0.3 is 0 Å². The monoisotopic (exact) mass is 393 g/mol. The van der Waals surface area contributed by atoms with E-state index in [0.717, 1.165) is 25.6 Å². The summed E-state index contributed by atoms with van der Waals surface area (Å²) in [7, 11) is 2.02. The lowest BCUT2D eigenvalue weighted by Crippen LogP contribution is -2.43. The molecule has 1 saturated heterocycles. The van der Waals surface area contributed by atoms with E-state index in [1.54, 1.807) is 0 Å². The zero-order valence-corrected chi connectivity index (χ0v) is 17.5. The first-order chi connectivity index (χ1) is 12.8. The van der Waals surface area contributed by atoms with Crippen molar-refractivity contribution in [3.63, 3.8) is 0 Å². The zero-order valence-electron chi connectivity index (χ0n) is 16.7. The van der Waals surface area contributed by atoms with Crippen molar-refractivity contribution in [1.82, 2.24) is 15.5 Å². The summed E-state index contributed by atoms with van der Waals surface area (Å²) in [4.78, 5) is 15.1. The highest BCUT2D eigenvalue weighted by molar-refractivity contribution is 5.85. The van der Waals surface area contributed by atoms with Crippen LogP contribution < -0.4 is 10.6 Å². The SMILES string of the molecule is CNCCC1CCN(CC(=O)NC(c2ccccc2)C2CCCC2)CC1.Cl. The van der Waals surface area contributed by atoms with Crippen LogP contribution in [0.4, 0.5) is 0 Å².